The van der Waals surface area contributed by atoms with Gasteiger partial charge in [0.2, 0.25) is 0 Å². The SMILES string of the molecule is CCCCCCC(=O)C(I)CCCCC. The van der Waals surface area contributed by atoms with Crippen molar-refractivity contribution in [1.82, 2.24) is 0 Å². The molecule has 0 aliphatic rings. The lowest BCUT2D eigenvalue weighted by atomic mass is 10.0. The number of rotatable bonds is 10. The second-order valence-electron chi connectivity index (χ2n) is 4.24. The van der Waals surface area contributed by atoms with Crippen LogP contribution in [0.1, 0.15) is 71.6 Å². The second kappa shape index (κ2) is 10.9. The third kappa shape index (κ3) is 9.34. The van der Waals surface area contributed by atoms with Crippen LogP contribution in [0.25, 0.3) is 0 Å². The molecule has 0 N–H and O–H groups in total. The number of carbonyl (C=O) groups is 1. The minimum atomic E-state index is 0.274. The molecule has 2 heteroatoms. The summed E-state index contributed by atoms with van der Waals surface area (Å²) in [4.78, 5) is 11.7. The number of Topliss-reactive ketones (excluding diaryl/α,β-unsaturated/α-hetero) is 1. The number of unbranched alkanes of at least 4 members (excludes halogenated alkanes) is 5. The third-order valence-electron chi connectivity index (χ3n) is 2.69. The number of carbonyl (C=O) groups excluding carboxylic acids is 1. The number of hydrogen-bond acceptors (Lipinski definition) is 1. The summed E-state index contributed by atoms with van der Waals surface area (Å²) in [5.41, 5.74) is 0. The highest BCUT2D eigenvalue weighted by Crippen LogP contribution is 2.16. The van der Waals surface area contributed by atoms with Gasteiger partial charge in [0.1, 0.15) is 5.78 Å². The maximum absolute atomic E-state index is 11.7. The average molecular weight is 324 g/mol. The molecular weight excluding hydrogens is 299 g/mol. The van der Waals surface area contributed by atoms with Gasteiger partial charge < -0.3 is 0 Å². The van der Waals surface area contributed by atoms with E-state index in [4.69, 9.17) is 0 Å². The minimum absolute atomic E-state index is 0.274. The summed E-state index contributed by atoms with van der Waals surface area (Å²) in [6.07, 6.45) is 10.5. The largest absolute Gasteiger partial charge is 0.299 e. The Hall–Kier alpha value is 0.400. The van der Waals surface area contributed by atoms with Gasteiger partial charge in [-0.3, -0.25) is 4.79 Å². The number of ketones is 1. The molecule has 0 saturated heterocycles. The highest BCUT2D eigenvalue weighted by Gasteiger charge is 2.13. The number of hydrogen-bond donors (Lipinski definition) is 0. The topological polar surface area (TPSA) is 17.1 Å². The molecule has 1 unspecified atom stereocenters. The zero-order valence-electron chi connectivity index (χ0n) is 10.2. The van der Waals surface area contributed by atoms with Crippen LogP contribution in [0.5, 0.6) is 0 Å². The highest BCUT2D eigenvalue weighted by molar-refractivity contribution is 14.1. The normalized spacial score (nSPS) is 12.7. The van der Waals surface area contributed by atoms with E-state index in [-0.39, 0.29) is 3.92 Å². The van der Waals surface area contributed by atoms with Crippen molar-refractivity contribution in [2.24, 2.45) is 0 Å². The van der Waals surface area contributed by atoms with Gasteiger partial charge in [-0.15, -0.1) is 0 Å². The lowest BCUT2D eigenvalue weighted by Crippen LogP contribution is -2.13. The van der Waals surface area contributed by atoms with E-state index < -0.39 is 0 Å². The quantitative estimate of drug-likeness (QED) is 0.317. The van der Waals surface area contributed by atoms with Crippen molar-refractivity contribution in [3.63, 3.8) is 0 Å². The number of alkyl halides is 1. The molecule has 0 fully saturated rings. The Bertz CT molecular complexity index is 157. The zero-order valence-corrected chi connectivity index (χ0v) is 12.4. The molecule has 0 rings (SSSR count). The fraction of sp³-hybridized carbons (Fsp3) is 0.923. The summed E-state index contributed by atoms with van der Waals surface area (Å²) in [6, 6.07) is 0. The molecule has 0 radical (unpaired) electrons. The summed E-state index contributed by atoms with van der Waals surface area (Å²) in [6.45, 7) is 4.41. The molecule has 0 heterocycles. The summed E-state index contributed by atoms with van der Waals surface area (Å²) >= 11 is 2.32. The first-order chi connectivity index (χ1) is 7.22. The number of halogens is 1. The van der Waals surface area contributed by atoms with Crippen LogP contribution in [-0.4, -0.2) is 9.71 Å². The van der Waals surface area contributed by atoms with Crippen molar-refractivity contribution < 1.29 is 4.79 Å². The van der Waals surface area contributed by atoms with Gasteiger partial charge >= 0.3 is 0 Å². The first-order valence-electron chi connectivity index (χ1n) is 6.39. The lowest BCUT2D eigenvalue weighted by Gasteiger charge is -2.08. The van der Waals surface area contributed by atoms with Crippen molar-refractivity contribution in [2.75, 3.05) is 0 Å². The first kappa shape index (κ1) is 15.4. The Morgan fingerprint density at radius 1 is 1.00 bits per heavy atom. The molecule has 0 spiro atoms. The van der Waals surface area contributed by atoms with Crippen molar-refractivity contribution in [3.05, 3.63) is 0 Å². The zero-order chi connectivity index (χ0) is 11.5. The predicted octanol–water partition coefficient (Wildman–Crippen LogP) is 4.91. The van der Waals surface area contributed by atoms with Gasteiger partial charge in [-0.05, 0) is 12.8 Å². The van der Waals surface area contributed by atoms with Crippen LogP contribution < -0.4 is 0 Å². The fourth-order valence-corrected chi connectivity index (χ4v) is 2.37. The van der Waals surface area contributed by atoms with E-state index in [9.17, 15) is 4.79 Å². The van der Waals surface area contributed by atoms with Gasteiger partial charge in [-0.1, -0.05) is 75.0 Å². The van der Waals surface area contributed by atoms with Crippen LogP contribution in [0.3, 0.4) is 0 Å². The molecule has 1 atom stereocenters. The van der Waals surface area contributed by atoms with E-state index in [0.717, 1.165) is 19.3 Å². The maximum Gasteiger partial charge on any atom is 0.145 e. The second-order valence-corrected chi connectivity index (χ2v) is 5.74. The molecule has 0 saturated carbocycles. The maximum atomic E-state index is 11.7. The molecule has 0 aromatic heterocycles. The third-order valence-corrected chi connectivity index (χ3v) is 4.00. The Kier molecular flexibility index (Phi) is 11.2. The van der Waals surface area contributed by atoms with Gasteiger partial charge in [0.05, 0.1) is 3.92 Å². The van der Waals surface area contributed by atoms with E-state index in [1.54, 1.807) is 0 Å². The molecule has 90 valence electrons. The standard InChI is InChI=1S/C13H25IO/c1-3-5-7-9-11-13(15)12(14)10-8-6-4-2/h12H,3-11H2,1-2H3. The van der Waals surface area contributed by atoms with Gasteiger partial charge in [0.25, 0.3) is 0 Å². The van der Waals surface area contributed by atoms with Gasteiger partial charge in [0.15, 0.2) is 0 Å². The lowest BCUT2D eigenvalue weighted by molar-refractivity contribution is -0.118. The molecule has 0 aliphatic carbocycles. The fourth-order valence-electron chi connectivity index (χ4n) is 1.62. The van der Waals surface area contributed by atoms with Crippen LogP contribution >= 0.6 is 22.6 Å². The van der Waals surface area contributed by atoms with Crippen molar-refractivity contribution >= 4 is 28.4 Å². The van der Waals surface area contributed by atoms with Gasteiger partial charge in [0, 0.05) is 6.42 Å². The van der Waals surface area contributed by atoms with Gasteiger partial charge in [-0.2, -0.15) is 0 Å². The Morgan fingerprint density at radius 2 is 1.60 bits per heavy atom. The minimum Gasteiger partial charge on any atom is -0.299 e. The van der Waals surface area contributed by atoms with E-state index in [1.165, 1.54) is 38.5 Å². The van der Waals surface area contributed by atoms with Crippen molar-refractivity contribution in [1.29, 1.82) is 0 Å². The highest BCUT2D eigenvalue weighted by atomic mass is 127. The Morgan fingerprint density at radius 3 is 2.20 bits per heavy atom. The Balaban J connectivity index is 3.42. The van der Waals surface area contributed by atoms with E-state index in [0.29, 0.717) is 5.78 Å². The summed E-state index contributed by atoms with van der Waals surface area (Å²) < 4.78 is 0.274. The van der Waals surface area contributed by atoms with E-state index in [1.807, 2.05) is 0 Å². The van der Waals surface area contributed by atoms with Crippen LogP contribution in [0.4, 0.5) is 0 Å². The van der Waals surface area contributed by atoms with Crippen LogP contribution in [-0.2, 0) is 4.79 Å². The summed E-state index contributed by atoms with van der Waals surface area (Å²) in [7, 11) is 0. The molecule has 0 amide bonds. The van der Waals surface area contributed by atoms with E-state index in [2.05, 4.69) is 36.4 Å². The first-order valence-corrected chi connectivity index (χ1v) is 7.63. The summed E-state index contributed by atoms with van der Waals surface area (Å²) in [5, 5.41) is 0. The molecule has 0 aromatic rings. The van der Waals surface area contributed by atoms with Crippen molar-refractivity contribution in [2.45, 2.75) is 75.6 Å². The molecule has 0 aromatic carbocycles. The molecular formula is C13H25IO. The predicted molar refractivity (Wildman–Crippen MR) is 75.7 cm³/mol. The van der Waals surface area contributed by atoms with E-state index >= 15 is 0 Å². The molecule has 1 nitrogen and oxygen atoms in total. The van der Waals surface area contributed by atoms with Crippen molar-refractivity contribution in [3.8, 4) is 0 Å². The molecule has 0 bridgehead atoms. The molecule has 15 heavy (non-hydrogen) atoms. The van der Waals surface area contributed by atoms with Crippen LogP contribution in [0.15, 0.2) is 0 Å². The smallest absolute Gasteiger partial charge is 0.145 e. The van der Waals surface area contributed by atoms with Gasteiger partial charge in [-0.25, -0.2) is 0 Å². The van der Waals surface area contributed by atoms with Crippen LogP contribution in [0, 0.1) is 0 Å². The summed E-state index contributed by atoms with van der Waals surface area (Å²) in [5.74, 6) is 0.475. The van der Waals surface area contributed by atoms with Crippen LogP contribution in [0.2, 0.25) is 0 Å². The molecule has 0 aliphatic heterocycles. The average Bonchev–Trinajstić information content (AvgIpc) is 2.24. The Labute approximate surface area is 109 Å². The monoisotopic (exact) mass is 324 g/mol.